The minimum absolute atomic E-state index is 0.0171. The van der Waals surface area contributed by atoms with Gasteiger partial charge in [0.15, 0.2) is 0 Å². The standard InChI is InChI=1S/C30H37N7O2S/c1-5-31-30(39)25-11-12-36(25)28-17-22(29(38)32-18-20(4)35(6-2)7-3)15-24(34-28)23-19-33-37-13-10-21(16-26(23)37)27-9-8-14-40-27/h8-10,13-17,19-20,25H,5-7,11-12,18H2,1-4H3,(H,31,39)(H,32,38)/t20-,25-/m0/s1. The number of hydrogen-bond acceptors (Lipinski definition) is 7. The lowest BCUT2D eigenvalue weighted by molar-refractivity contribution is -0.123. The molecule has 4 aromatic rings. The molecule has 0 aromatic carbocycles. The molecule has 0 spiro atoms. The molecule has 1 fully saturated rings. The van der Waals surface area contributed by atoms with Gasteiger partial charge in [-0.1, -0.05) is 19.9 Å². The first-order valence-corrected chi connectivity index (χ1v) is 14.9. The number of anilines is 1. The highest BCUT2D eigenvalue weighted by Crippen LogP contribution is 2.33. The molecule has 2 N–H and O–H groups in total. The van der Waals surface area contributed by atoms with Crippen molar-refractivity contribution in [3.8, 4) is 21.7 Å². The van der Waals surface area contributed by atoms with Gasteiger partial charge in [0.05, 0.1) is 17.4 Å². The van der Waals surface area contributed by atoms with E-state index in [1.54, 1.807) is 23.6 Å². The lowest BCUT2D eigenvalue weighted by atomic mass is 10.0. The molecule has 9 nitrogen and oxygen atoms in total. The van der Waals surface area contributed by atoms with Crippen molar-refractivity contribution in [3.05, 3.63) is 59.7 Å². The normalized spacial score (nSPS) is 15.7. The van der Waals surface area contributed by atoms with E-state index in [1.165, 1.54) is 4.88 Å². The van der Waals surface area contributed by atoms with Crippen molar-refractivity contribution in [2.75, 3.05) is 37.6 Å². The van der Waals surface area contributed by atoms with Crippen LogP contribution in [-0.2, 0) is 4.79 Å². The predicted molar refractivity (Wildman–Crippen MR) is 161 cm³/mol. The number of pyridine rings is 2. The van der Waals surface area contributed by atoms with Gasteiger partial charge in [0, 0.05) is 47.9 Å². The van der Waals surface area contributed by atoms with Crippen molar-refractivity contribution in [2.45, 2.75) is 46.2 Å². The van der Waals surface area contributed by atoms with Gasteiger partial charge in [-0.3, -0.25) is 14.5 Å². The summed E-state index contributed by atoms with van der Waals surface area (Å²) < 4.78 is 1.83. The first-order chi connectivity index (χ1) is 19.4. The first kappa shape index (κ1) is 27.8. The van der Waals surface area contributed by atoms with Crippen LogP contribution >= 0.6 is 11.3 Å². The summed E-state index contributed by atoms with van der Waals surface area (Å²) in [6, 6.07) is 11.8. The Labute approximate surface area is 239 Å². The molecule has 0 bridgehead atoms. The summed E-state index contributed by atoms with van der Waals surface area (Å²) in [5, 5.41) is 12.7. The molecule has 1 aliphatic rings. The van der Waals surface area contributed by atoms with E-state index in [0.29, 0.717) is 36.7 Å². The van der Waals surface area contributed by atoms with Gasteiger partial charge < -0.3 is 15.5 Å². The van der Waals surface area contributed by atoms with Gasteiger partial charge in [-0.25, -0.2) is 9.50 Å². The topological polar surface area (TPSA) is 94.9 Å². The van der Waals surface area contributed by atoms with Gasteiger partial charge in [0.25, 0.3) is 5.91 Å². The zero-order valence-corrected chi connectivity index (χ0v) is 24.4. The first-order valence-electron chi connectivity index (χ1n) is 14.0. The van der Waals surface area contributed by atoms with Gasteiger partial charge in [-0.2, -0.15) is 5.10 Å². The smallest absolute Gasteiger partial charge is 0.251 e. The van der Waals surface area contributed by atoms with Crippen LogP contribution in [0.1, 0.15) is 44.5 Å². The largest absolute Gasteiger partial charge is 0.355 e. The fraction of sp³-hybridized carbons (Fsp3) is 0.400. The lowest BCUT2D eigenvalue weighted by Gasteiger charge is -2.40. The van der Waals surface area contributed by atoms with Crippen LogP contribution in [0.4, 0.5) is 5.82 Å². The van der Waals surface area contributed by atoms with Gasteiger partial charge in [0.1, 0.15) is 11.9 Å². The number of carbonyl (C=O) groups excluding carboxylic acids is 2. The molecule has 2 atom stereocenters. The molecule has 0 aliphatic carbocycles. The molecule has 10 heteroatoms. The van der Waals surface area contributed by atoms with Crippen molar-refractivity contribution in [1.29, 1.82) is 0 Å². The zero-order valence-electron chi connectivity index (χ0n) is 23.6. The van der Waals surface area contributed by atoms with Crippen LogP contribution in [0.3, 0.4) is 0 Å². The van der Waals surface area contributed by atoms with E-state index in [-0.39, 0.29) is 23.9 Å². The average molecular weight is 560 g/mol. The Hall–Kier alpha value is -3.76. The Balaban J connectivity index is 1.52. The van der Waals surface area contributed by atoms with Gasteiger partial charge in [-0.05, 0) is 74.6 Å². The SMILES string of the molecule is CCNC(=O)[C@@H]1CCN1c1cc(C(=O)NC[C@H](C)N(CC)CC)cc(-c2cnn3ccc(-c4cccs4)cc23)n1. The van der Waals surface area contributed by atoms with E-state index in [0.717, 1.165) is 36.2 Å². The summed E-state index contributed by atoms with van der Waals surface area (Å²) in [7, 11) is 0. The van der Waals surface area contributed by atoms with E-state index in [1.807, 2.05) is 40.7 Å². The lowest BCUT2D eigenvalue weighted by Crippen LogP contribution is -2.56. The summed E-state index contributed by atoms with van der Waals surface area (Å²) >= 11 is 1.69. The summed E-state index contributed by atoms with van der Waals surface area (Å²) in [6.07, 6.45) is 4.49. The molecular weight excluding hydrogens is 522 g/mol. The summed E-state index contributed by atoms with van der Waals surface area (Å²) in [4.78, 5) is 36.6. The second kappa shape index (κ2) is 12.2. The zero-order chi connectivity index (χ0) is 28.2. The quantitative estimate of drug-likeness (QED) is 0.285. The molecule has 5 heterocycles. The number of nitrogens with zero attached hydrogens (tertiary/aromatic N) is 5. The van der Waals surface area contributed by atoms with E-state index >= 15 is 0 Å². The maximum Gasteiger partial charge on any atom is 0.251 e. The number of aromatic nitrogens is 3. The second-order valence-electron chi connectivity index (χ2n) is 10.1. The Morgan fingerprint density at radius 2 is 1.98 bits per heavy atom. The van der Waals surface area contributed by atoms with Crippen molar-refractivity contribution in [2.24, 2.45) is 0 Å². The number of likely N-dealkylation sites (N-methyl/N-ethyl adjacent to an activating group) is 2. The predicted octanol–water partition coefficient (Wildman–Crippen LogP) is 4.30. The highest BCUT2D eigenvalue weighted by molar-refractivity contribution is 7.13. The minimum atomic E-state index is -0.296. The number of carbonyl (C=O) groups is 2. The highest BCUT2D eigenvalue weighted by atomic mass is 32.1. The molecule has 40 heavy (non-hydrogen) atoms. The molecule has 1 saturated heterocycles. The molecule has 0 saturated carbocycles. The van der Waals surface area contributed by atoms with Crippen LogP contribution < -0.4 is 15.5 Å². The molecule has 0 radical (unpaired) electrons. The van der Waals surface area contributed by atoms with Crippen LogP contribution in [0.5, 0.6) is 0 Å². The Morgan fingerprint density at radius 1 is 1.15 bits per heavy atom. The average Bonchev–Trinajstić information content (AvgIpc) is 3.62. The van der Waals surface area contributed by atoms with Gasteiger partial charge >= 0.3 is 0 Å². The van der Waals surface area contributed by atoms with Crippen LogP contribution in [-0.4, -0.2) is 76.1 Å². The van der Waals surface area contributed by atoms with Crippen LogP contribution in [0.15, 0.2) is 54.2 Å². The van der Waals surface area contributed by atoms with Crippen molar-refractivity contribution in [1.82, 2.24) is 30.1 Å². The van der Waals surface area contributed by atoms with E-state index < -0.39 is 0 Å². The monoisotopic (exact) mass is 559 g/mol. The highest BCUT2D eigenvalue weighted by Gasteiger charge is 2.35. The maximum absolute atomic E-state index is 13.5. The van der Waals surface area contributed by atoms with Crippen molar-refractivity contribution in [3.63, 3.8) is 0 Å². The molecule has 4 aromatic heterocycles. The third-order valence-corrected chi connectivity index (χ3v) is 8.56. The molecule has 2 amide bonds. The number of nitrogens with one attached hydrogen (secondary N) is 2. The Kier molecular flexibility index (Phi) is 8.46. The van der Waals surface area contributed by atoms with Crippen molar-refractivity contribution < 1.29 is 9.59 Å². The summed E-state index contributed by atoms with van der Waals surface area (Å²) in [5.41, 5.74) is 4.01. The minimum Gasteiger partial charge on any atom is -0.355 e. The fourth-order valence-corrected chi connectivity index (χ4v) is 5.97. The van der Waals surface area contributed by atoms with Crippen LogP contribution in [0.25, 0.3) is 27.2 Å². The summed E-state index contributed by atoms with van der Waals surface area (Å²) in [6.45, 7) is 12.0. The Morgan fingerprint density at radius 3 is 2.65 bits per heavy atom. The van der Waals surface area contributed by atoms with Gasteiger partial charge in [0.2, 0.25) is 5.91 Å². The number of amides is 2. The van der Waals surface area contributed by atoms with E-state index in [2.05, 4.69) is 58.9 Å². The number of thiophene rings is 1. The second-order valence-corrected chi connectivity index (χ2v) is 11.0. The molecular formula is C30H37N7O2S. The Bertz CT molecular complexity index is 1480. The molecule has 210 valence electrons. The third kappa shape index (κ3) is 5.59. The third-order valence-electron chi connectivity index (χ3n) is 7.64. The number of rotatable bonds is 11. The maximum atomic E-state index is 13.5. The molecule has 0 unspecified atom stereocenters. The number of fused-ring (bicyclic) bond motifs is 1. The van der Waals surface area contributed by atoms with Gasteiger partial charge in [-0.15, -0.1) is 11.3 Å². The van der Waals surface area contributed by atoms with Crippen molar-refractivity contribution >= 4 is 34.5 Å². The van der Waals surface area contributed by atoms with E-state index in [9.17, 15) is 9.59 Å². The molecule has 5 rings (SSSR count). The fourth-order valence-electron chi connectivity index (χ4n) is 5.25. The van der Waals surface area contributed by atoms with Crippen LogP contribution in [0, 0.1) is 0 Å². The van der Waals surface area contributed by atoms with E-state index in [4.69, 9.17) is 4.98 Å². The molecule has 1 aliphatic heterocycles. The van der Waals surface area contributed by atoms with Crippen LogP contribution in [0.2, 0.25) is 0 Å². The number of hydrogen-bond donors (Lipinski definition) is 2. The summed E-state index contributed by atoms with van der Waals surface area (Å²) in [5.74, 6) is 0.446.